The topological polar surface area (TPSA) is 33.1 Å². The molecule has 172 valence electrons. The first-order chi connectivity index (χ1) is 16.3. The molecule has 0 unspecified atom stereocenters. The first-order valence-corrected chi connectivity index (χ1v) is 11.5. The van der Waals surface area contributed by atoms with E-state index in [-0.39, 0.29) is 23.7 Å². The van der Waals surface area contributed by atoms with Crippen LogP contribution in [0.5, 0.6) is 0 Å². The molecule has 1 N–H and O–H groups in total. The van der Waals surface area contributed by atoms with Crippen LogP contribution in [0, 0.1) is 32.4 Å². The van der Waals surface area contributed by atoms with Crippen LogP contribution in [0.4, 0.5) is 14.5 Å². The maximum Gasteiger partial charge on any atom is 0.174 e. The molecular formula is C27H24F2N4S. The molecule has 1 aliphatic rings. The van der Waals surface area contributed by atoms with Gasteiger partial charge in [-0.05, 0) is 105 Å². The molecule has 0 spiro atoms. The van der Waals surface area contributed by atoms with Crippen molar-refractivity contribution in [2.45, 2.75) is 32.9 Å². The fourth-order valence-corrected chi connectivity index (χ4v) is 5.15. The van der Waals surface area contributed by atoms with E-state index in [0.717, 1.165) is 34.0 Å². The van der Waals surface area contributed by atoms with Crippen molar-refractivity contribution in [1.82, 2.24) is 14.9 Å². The molecule has 0 amide bonds. The second kappa shape index (κ2) is 8.65. The fraction of sp³-hybridized carbons (Fsp3) is 0.185. The summed E-state index contributed by atoms with van der Waals surface area (Å²) in [6.45, 7) is 5.83. The summed E-state index contributed by atoms with van der Waals surface area (Å²) in [5, 5.41) is 4.00. The van der Waals surface area contributed by atoms with Gasteiger partial charge in [0.25, 0.3) is 0 Å². The highest BCUT2D eigenvalue weighted by Crippen LogP contribution is 2.44. The molecule has 7 heteroatoms. The maximum atomic E-state index is 14.1. The number of anilines is 1. The third-order valence-electron chi connectivity index (χ3n) is 6.39. The Hall–Kier alpha value is -3.58. The Morgan fingerprint density at radius 3 is 2.32 bits per heavy atom. The smallest absolute Gasteiger partial charge is 0.174 e. The SMILES string of the molecule is Cc1cc(N2C(=S)N[C@@H](c3ccccn3)[C@@H]2c2cc(C)n(-c3ccc(F)cc3)c2C)ccc1F. The van der Waals surface area contributed by atoms with Gasteiger partial charge in [0.2, 0.25) is 0 Å². The Morgan fingerprint density at radius 1 is 0.912 bits per heavy atom. The molecule has 34 heavy (non-hydrogen) atoms. The van der Waals surface area contributed by atoms with E-state index in [9.17, 15) is 8.78 Å². The van der Waals surface area contributed by atoms with E-state index in [2.05, 4.69) is 27.9 Å². The zero-order valence-corrected chi connectivity index (χ0v) is 19.9. The number of thiocarbonyl (C=S) groups is 1. The van der Waals surface area contributed by atoms with Gasteiger partial charge < -0.3 is 14.8 Å². The monoisotopic (exact) mass is 474 g/mol. The van der Waals surface area contributed by atoms with Gasteiger partial charge in [-0.2, -0.15) is 0 Å². The van der Waals surface area contributed by atoms with Crippen LogP contribution in [0.15, 0.2) is 72.9 Å². The number of hydrogen-bond donors (Lipinski definition) is 1. The third kappa shape index (κ3) is 3.76. The highest BCUT2D eigenvalue weighted by Gasteiger charge is 2.42. The summed E-state index contributed by atoms with van der Waals surface area (Å²) in [6.07, 6.45) is 1.77. The van der Waals surface area contributed by atoms with E-state index >= 15 is 0 Å². The minimum atomic E-state index is -0.273. The number of pyridine rings is 1. The Balaban J connectivity index is 1.68. The van der Waals surface area contributed by atoms with Crippen molar-refractivity contribution < 1.29 is 8.78 Å². The molecule has 2 atom stereocenters. The van der Waals surface area contributed by atoms with Crippen molar-refractivity contribution in [3.8, 4) is 5.69 Å². The second-order valence-electron chi connectivity index (χ2n) is 8.57. The molecule has 3 heterocycles. The van der Waals surface area contributed by atoms with Crippen LogP contribution in [0.2, 0.25) is 0 Å². The summed E-state index contributed by atoms with van der Waals surface area (Å²) >= 11 is 5.79. The van der Waals surface area contributed by atoms with Crippen LogP contribution >= 0.6 is 12.2 Å². The predicted octanol–water partition coefficient (Wildman–Crippen LogP) is 6.25. The number of rotatable bonds is 4. The lowest BCUT2D eigenvalue weighted by atomic mass is 9.96. The molecular weight excluding hydrogens is 450 g/mol. The van der Waals surface area contributed by atoms with Gasteiger partial charge in [-0.1, -0.05) is 6.07 Å². The second-order valence-corrected chi connectivity index (χ2v) is 8.96. The van der Waals surface area contributed by atoms with Gasteiger partial charge in [0.1, 0.15) is 11.6 Å². The summed E-state index contributed by atoms with van der Waals surface area (Å²) in [5.41, 5.74) is 6.21. The quantitative estimate of drug-likeness (QED) is 0.354. The Labute approximate surface area is 202 Å². The minimum Gasteiger partial charge on any atom is -0.351 e. The van der Waals surface area contributed by atoms with Crippen molar-refractivity contribution in [3.05, 3.63) is 113 Å². The fourth-order valence-electron chi connectivity index (χ4n) is 4.80. The molecule has 1 aliphatic heterocycles. The molecule has 0 saturated carbocycles. The maximum absolute atomic E-state index is 14.1. The first kappa shape index (κ1) is 22.2. The lowest BCUT2D eigenvalue weighted by molar-refractivity contribution is 0.564. The Bertz CT molecular complexity index is 1370. The van der Waals surface area contributed by atoms with E-state index in [4.69, 9.17) is 12.2 Å². The van der Waals surface area contributed by atoms with Crippen molar-refractivity contribution in [2.24, 2.45) is 0 Å². The van der Waals surface area contributed by atoms with E-state index in [1.807, 2.05) is 36.1 Å². The summed E-state index contributed by atoms with van der Waals surface area (Å²) in [5.74, 6) is -0.529. The van der Waals surface area contributed by atoms with Crippen LogP contribution in [0.3, 0.4) is 0 Å². The van der Waals surface area contributed by atoms with Crippen molar-refractivity contribution in [1.29, 1.82) is 0 Å². The van der Waals surface area contributed by atoms with E-state index in [1.54, 1.807) is 31.3 Å². The van der Waals surface area contributed by atoms with Gasteiger partial charge >= 0.3 is 0 Å². The molecule has 5 rings (SSSR count). The lowest BCUT2D eigenvalue weighted by Crippen LogP contribution is -2.29. The highest BCUT2D eigenvalue weighted by atomic mass is 32.1. The number of hydrogen-bond acceptors (Lipinski definition) is 2. The van der Waals surface area contributed by atoms with Gasteiger partial charge in [0, 0.05) is 29.0 Å². The van der Waals surface area contributed by atoms with Gasteiger partial charge in [0.15, 0.2) is 5.11 Å². The van der Waals surface area contributed by atoms with E-state index < -0.39 is 0 Å². The predicted molar refractivity (Wildman–Crippen MR) is 134 cm³/mol. The summed E-state index contributed by atoms with van der Waals surface area (Å²) in [6, 6.07) is 19.0. The average molecular weight is 475 g/mol. The number of aromatic nitrogens is 2. The molecule has 4 aromatic rings. The molecule has 0 radical (unpaired) electrons. The van der Waals surface area contributed by atoms with Gasteiger partial charge in [-0.3, -0.25) is 4.98 Å². The number of halogens is 2. The lowest BCUT2D eigenvalue weighted by Gasteiger charge is -2.28. The molecule has 4 nitrogen and oxygen atoms in total. The highest BCUT2D eigenvalue weighted by molar-refractivity contribution is 7.80. The number of nitrogens with one attached hydrogen (secondary N) is 1. The molecule has 2 aromatic heterocycles. The molecule has 0 aliphatic carbocycles. The standard InChI is InChI=1S/C27H24F2N4S/c1-16-14-21(11-12-23(16)29)33-26(25(31-27(33)34)24-6-4-5-13-30-24)22-15-17(2)32(18(22)3)20-9-7-19(28)8-10-20/h4-15,25-26H,1-3H3,(H,31,34)/t25-,26-/m0/s1. The van der Waals surface area contributed by atoms with Crippen LogP contribution < -0.4 is 10.2 Å². The van der Waals surface area contributed by atoms with Crippen molar-refractivity contribution in [3.63, 3.8) is 0 Å². The van der Waals surface area contributed by atoms with E-state index in [0.29, 0.717) is 10.7 Å². The number of aryl methyl sites for hydroxylation is 2. The first-order valence-electron chi connectivity index (χ1n) is 11.1. The molecule has 0 bridgehead atoms. The van der Waals surface area contributed by atoms with Crippen LogP contribution in [0.1, 0.15) is 40.3 Å². The molecule has 1 fully saturated rings. The number of benzene rings is 2. The molecule has 2 aromatic carbocycles. The van der Waals surface area contributed by atoms with Crippen LogP contribution in [0.25, 0.3) is 5.69 Å². The average Bonchev–Trinajstić information content (AvgIpc) is 3.32. The van der Waals surface area contributed by atoms with Crippen molar-refractivity contribution >= 4 is 23.0 Å². The zero-order valence-electron chi connectivity index (χ0n) is 19.1. The summed E-state index contributed by atoms with van der Waals surface area (Å²) in [4.78, 5) is 6.64. The summed E-state index contributed by atoms with van der Waals surface area (Å²) in [7, 11) is 0. The van der Waals surface area contributed by atoms with E-state index in [1.165, 1.54) is 18.2 Å². The molecule has 1 saturated heterocycles. The third-order valence-corrected chi connectivity index (χ3v) is 6.71. The van der Waals surface area contributed by atoms with Gasteiger partial charge in [0.05, 0.1) is 17.8 Å². The Morgan fingerprint density at radius 2 is 1.65 bits per heavy atom. The van der Waals surface area contributed by atoms with Crippen molar-refractivity contribution in [2.75, 3.05) is 4.90 Å². The van der Waals surface area contributed by atoms with Crippen LogP contribution in [-0.2, 0) is 0 Å². The largest absolute Gasteiger partial charge is 0.351 e. The van der Waals surface area contributed by atoms with Gasteiger partial charge in [-0.25, -0.2) is 8.78 Å². The minimum absolute atomic E-state index is 0.207. The van der Waals surface area contributed by atoms with Gasteiger partial charge in [-0.15, -0.1) is 0 Å². The summed E-state index contributed by atoms with van der Waals surface area (Å²) < 4.78 is 29.7. The Kier molecular flexibility index (Phi) is 5.65. The number of nitrogens with zero attached hydrogens (tertiary/aromatic N) is 3. The van der Waals surface area contributed by atoms with Crippen LogP contribution in [-0.4, -0.2) is 14.7 Å². The zero-order chi connectivity index (χ0) is 24.0. The normalized spacial score (nSPS) is 17.8.